The number of hydrogen-bond donors (Lipinski definition) is 1. The summed E-state index contributed by atoms with van der Waals surface area (Å²) in [7, 11) is 0. The van der Waals surface area contributed by atoms with Crippen molar-refractivity contribution in [3.05, 3.63) is 65.3 Å². The fourth-order valence-electron chi connectivity index (χ4n) is 5.63. The Morgan fingerprint density at radius 1 is 1.09 bits per heavy atom. The number of carbonyl (C=O) groups excluding carboxylic acids is 1. The Labute approximate surface area is 210 Å². The number of amides is 2. The quantitative estimate of drug-likeness (QED) is 0.383. The lowest BCUT2D eigenvalue weighted by molar-refractivity contribution is 0.154. The topological polar surface area (TPSA) is 61.4 Å². The second kappa shape index (κ2) is 9.55. The van der Waals surface area contributed by atoms with Crippen LogP contribution in [0.4, 0.5) is 10.6 Å². The largest absolute Gasteiger partial charge is 0.326 e. The molecule has 35 heavy (non-hydrogen) atoms. The first-order valence-corrected chi connectivity index (χ1v) is 13.5. The SMILES string of the molecule is Cc1cccc2ccnc(N(C(=O)N3CCCCC3c3nc4ccccc4s3)[C@@H]3CCCNC3)c12. The van der Waals surface area contributed by atoms with Gasteiger partial charge < -0.3 is 10.2 Å². The Hall–Kier alpha value is -3.03. The van der Waals surface area contributed by atoms with Gasteiger partial charge in [0.25, 0.3) is 0 Å². The third kappa shape index (κ3) is 4.17. The summed E-state index contributed by atoms with van der Waals surface area (Å²) in [5, 5.41) is 6.76. The first kappa shape index (κ1) is 22.4. The summed E-state index contributed by atoms with van der Waals surface area (Å²) in [6.07, 6.45) is 6.95. The summed E-state index contributed by atoms with van der Waals surface area (Å²) < 4.78 is 1.18. The lowest BCUT2D eigenvalue weighted by Crippen LogP contribution is -2.55. The third-order valence-electron chi connectivity index (χ3n) is 7.39. The summed E-state index contributed by atoms with van der Waals surface area (Å²) >= 11 is 1.72. The number of piperidine rings is 2. The van der Waals surface area contributed by atoms with Crippen LogP contribution in [0, 0.1) is 6.92 Å². The van der Waals surface area contributed by atoms with Crippen molar-refractivity contribution in [2.75, 3.05) is 24.5 Å². The van der Waals surface area contributed by atoms with Gasteiger partial charge in [-0.1, -0.05) is 30.3 Å². The molecule has 6 nitrogen and oxygen atoms in total. The van der Waals surface area contributed by atoms with Gasteiger partial charge in [-0.15, -0.1) is 11.3 Å². The van der Waals surface area contributed by atoms with E-state index in [4.69, 9.17) is 9.97 Å². The van der Waals surface area contributed by atoms with Gasteiger partial charge >= 0.3 is 6.03 Å². The van der Waals surface area contributed by atoms with Gasteiger partial charge in [0, 0.05) is 24.7 Å². The Morgan fingerprint density at radius 3 is 2.86 bits per heavy atom. The monoisotopic (exact) mass is 485 g/mol. The highest BCUT2D eigenvalue weighted by molar-refractivity contribution is 7.18. The summed E-state index contributed by atoms with van der Waals surface area (Å²) in [6.45, 7) is 4.65. The second-order valence-corrected chi connectivity index (χ2v) is 10.7. The molecule has 2 saturated heterocycles. The highest BCUT2D eigenvalue weighted by Crippen LogP contribution is 2.38. The lowest BCUT2D eigenvalue weighted by Gasteiger charge is -2.41. The number of nitrogens with one attached hydrogen (secondary N) is 1. The van der Waals surface area contributed by atoms with E-state index < -0.39 is 0 Å². The van der Waals surface area contributed by atoms with E-state index in [1.165, 1.54) is 4.70 Å². The molecule has 2 fully saturated rings. The number of anilines is 1. The van der Waals surface area contributed by atoms with E-state index in [2.05, 4.69) is 53.5 Å². The van der Waals surface area contributed by atoms with Crippen LogP contribution >= 0.6 is 11.3 Å². The lowest BCUT2D eigenvalue weighted by atomic mass is 10.0. The van der Waals surface area contributed by atoms with Crippen LogP contribution in [0.1, 0.15) is 48.7 Å². The molecule has 2 atom stereocenters. The molecule has 0 bridgehead atoms. The minimum atomic E-state index is 0.00349. The van der Waals surface area contributed by atoms with Crippen molar-refractivity contribution in [1.29, 1.82) is 0 Å². The number of para-hydroxylation sites is 1. The summed E-state index contributed by atoms with van der Waals surface area (Å²) in [5.74, 6) is 0.785. The van der Waals surface area contributed by atoms with Crippen LogP contribution in [-0.2, 0) is 0 Å². The number of rotatable bonds is 3. The summed E-state index contributed by atoms with van der Waals surface area (Å²) in [5.41, 5.74) is 2.17. The molecule has 7 heteroatoms. The number of carbonyl (C=O) groups is 1. The van der Waals surface area contributed by atoms with Crippen molar-refractivity contribution in [1.82, 2.24) is 20.2 Å². The average molecular weight is 486 g/mol. The van der Waals surface area contributed by atoms with Crippen LogP contribution < -0.4 is 10.2 Å². The molecule has 0 aliphatic carbocycles. The molecule has 6 rings (SSSR count). The number of aromatic nitrogens is 2. The summed E-state index contributed by atoms with van der Waals surface area (Å²) in [6, 6.07) is 16.7. The van der Waals surface area contributed by atoms with E-state index in [-0.39, 0.29) is 18.1 Å². The molecular weight excluding hydrogens is 454 g/mol. The van der Waals surface area contributed by atoms with Gasteiger partial charge in [-0.05, 0) is 74.7 Å². The number of benzene rings is 2. The number of urea groups is 1. The van der Waals surface area contributed by atoms with E-state index in [1.54, 1.807) is 11.3 Å². The van der Waals surface area contributed by atoms with Crippen LogP contribution in [0.25, 0.3) is 21.0 Å². The minimum absolute atomic E-state index is 0.00349. The maximum atomic E-state index is 14.5. The molecular formula is C28H31N5OS. The Morgan fingerprint density at radius 2 is 2.00 bits per heavy atom. The van der Waals surface area contributed by atoms with Crippen LogP contribution in [0.5, 0.6) is 0 Å². The third-order valence-corrected chi connectivity index (χ3v) is 8.53. The predicted molar refractivity (Wildman–Crippen MR) is 143 cm³/mol. The molecule has 0 spiro atoms. The van der Waals surface area contributed by atoms with Crippen molar-refractivity contribution in [2.45, 2.75) is 51.1 Å². The highest BCUT2D eigenvalue weighted by atomic mass is 32.1. The summed E-state index contributed by atoms with van der Waals surface area (Å²) in [4.78, 5) is 28.4. The first-order chi connectivity index (χ1) is 17.2. The number of pyridine rings is 1. The smallest absolute Gasteiger partial charge is 0.315 e. The van der Waals surface area contributed by atoms with Crippen molar-refractivity contribution in [2.24, 2.45) is 0 Å². The van der Waals surface area contributed by atoms with Crippen LogP contribution in [0.3, 0.4) is 0 Å². The van der Waals surface area contributed by atoms with Crippen molar-refractivity contribution >= 4 is 44.2 Å². The standard InChI is InChI=1S/C28H31N5OS/c1-19-8-6-9-20-14-16-30-26(25(19)20)33(21-10-7-15-29-18-21)28(34)32-17-5-4-12-23(32)27-31-22-11-2-3-13-24(22)35-27/h2-3,6,8-9,11,13-14,16,21,23,29H,4-5,7,10,12,15,17-18H2,1H3/t21-,23?/m1/s1. The second-order valence-electron chi connectivity index (χ2n) is 9.69. The highest BCUT2D eigenvalue weighted by Gasteiger charge is 2.37. The van der Waals surface area contributed by atoms with Gasteiger partial charge in [0.1, 0.15) is 10.8 Å². The number of fused-ring (bicyclic) bond motifs is 2. The van der Waals surface area contributed by atoms with Gasteiger partial charge in [-0.2, -0.15) is 0 Å². The van der Waals surface area contributed by atoms with Gasteiger partial charge in [0.05, 0.1) is 22.3 Å². The molecule has 4 heterocycles. The Balaban J connectivity index is 1.43. The van der Waals surface area contributed by atoms with Gasteiger partial charge in [0.2, 0.25) is 0 Å². The van der Waals surface area contributed by atoms with Crippen LogP contribution in [0.15, 0.2) is 54.7 Å². The number of hydrogen-bond acceptors (Lipinski definition) is 5. The molecule has 2 aromatic heterocycles. The van der Waals surface area contributed by atoms with E-state index in [0.29, 0.717) is 0 Å². The van der Waals surface area contributed by atoms with E-state index in [9.17, 15) is 4.79 Å². The van der Waals surface area contributed by atoms with E-state index in [1.807, 2.05) is 23.2 Å². The zero-order chi connectivity index (χ0) is 23.8. The molecule has 0 saturated carbocycles. The Bertz CT molecular complexity index is 1320. The Kier molecular flexibility index (Phi) is 6.12. The minimum Gasteiger partial charge on any atom is -0.315 e. The molecule has 2 aliphatic rings. The van der Waals surface area contributed by atoms with Gasteiger partial charge in [-0.3, -0.25) is 4.90 Å². The molecule has 1 unspecified atom stereocenters. The number of nitrogens with zero attached hydrogens (tertiary/aromatic N) is 4. The van der Waals surface area contributed by atoms with E-state index >= 15 is 0 Å². The zero-order valence-electron chi connectivity index (χ0n) is 20.1. The first-order valence-electron chi connectivity index (χ1n) is 12.7. The van der Waals surface area contributed by atoms with Gasteiger partial charge in [-0.25, -0.2) is 14.8 Å². The predicted octanol–water partition coefficient (Wildman–Crippen LogP) is 6.06. The molecule has 1 N–H and O–H groups in total. The average Bonchev–Trinajstić information content (AvgIpc) is 3.34. The van der Waals surface area contributed by atoms with Gasteiger partial charge in [0.15, 0.2) is 0 Å². The van der Waals surface area contributed by atoms with Crippen LogP contribution in [-0.4, -0.2) is 46.6 Å². The van der Waals surface area contributed by atoms with Crippen molar-refractivity contribution in [3.8, 4) is 0 Å². The fraction of sp³-hybridized carbons (Fsp3) is 0.393. The maximum Gasteiger partial charge on any atom is 0.326 e. The molecule has 2 aliphatic heterocycles. The molecule has 4 aromatic rings. The van der Waals surface area contributed by atoms with E-state index in [0.717, 1.165) is 84.4 Å². The van der Waals surface area contributed by atoms with Crippen molar-refractivity contribution in [3.63, 3.8) is 0 Å². The molecule has 2 aromatic carbocycles. The zero-order valence-corrected chi connectivity index (χ0v) is 20.9. The molecule has 180 valence electrons. The van der Waals surface area contributed by atoms with Crippen molar-refractivity contribution < 1.29 is 4.79 Å². The number of aryl methyl sites for hydroxylation is 1. The number of thiazole rings is 1. The molecule has 0 radical (unpaired) electrons. The molecule has 2 amide bonds. The normalized spacial score (nSPS) is 20.9. The fourth-order valence-corrected chi connectivity index (χ4v) is 6.75. The number of likely N-dealkylation sites (tertiary alicyclic amines) is 1. The van der Waals surface area contributed by atoms with Crippen LogP contribution in [0.2, 0.25) is 0 Å². The maximum absolute atomic E-state index is 14.5.